The van der Waals surface area contributed by atoms with Gasteiger partial charge in [-0.2, -0.15) is 0 Å². The molecule has 1 amide bonds. The summed E-state index contributed by atoms with van der Waals surface area (Å²) in [6.07, 6.45) is 1.80. The number of tetrazole rings is 1. The van der Waals surface area contributed by atoms with Crippen LogP contribution in [0.5, 0.6) is 0 Å². The van der Waals surface area contributed by atoms with Gasteiger partial charge in [0, 0.05) is 24.4 Å². The molecule has 0 aliphatic carbocycles. The average molecular weight is 400 g/mol. The van der Waals surface area contributed by atoms with Crippen LogP contribution in [0.4, 0.5) is 0 Å². The van der Waals surface area contributed by atoms with Gasteiger partial charge in [0.05, 0.1) is 11.8 Å². The number of fused-ring (bicyclic) bond motifs is 1. The van der Waals surface area contributed by atoms with Gasteiger partial charge in [0.1, 0.15) is 0 Å². The molecule has 6 nitrogen and oxygen atoms in total. The smallest absolute Gasteiger partial charge is 0.236 e. The highest BCUT2D eigenvalue weighted by Gasteiger charge is 2.26. The first-order chi connectivity index (χ1) is 13.2. The molecule has 3 heterocycles. The van der Waals surface area contributed by atoms with E-state index in [1.54, 1.807) is 16.0 Å². The quantitative estimate of drug-likeness (QED) is 0.596. The van der Waals surface area contributed by atoms with Crippen LogP contribution in [0.25, 0.3) is 0 Å². The van der Waals surface area contributed by atoms with Crippen LogP contribution in [0.3, 0.4) is 0 Å². The molecule has 0 bridgehead atoms. The van der Waals surface area contributed by atoms with Crippen LogP contribution >= 0.6 is 23.1 Å². The number of carbonyl (C=O) groups excluding carboxylic acids is 1. The second kappa shape index (κ2) is 8.22. The zero-order valence-corrected chi connectivity index (χ0v) is 16.7. The van der Waals surface area contributed by atoms with Gasteiger partial charge in [0.15, 0.2) is 0 Å². The Labute approximate surface area is 166 Å². The summed E-state index contributed by atoms with van der Waals surface area (Å²) in [5.74, 6) is 0.141. The normalized spacial score (nSPS) is 14.8. The summed E-state index contributed by atoms with van der Waals surface area (Å²) in [4.78, 5) is 16.2. The fourth-order valence-corrected chi connectivity index (χ4v) is 4.84. The minimum absolute atomic E-state index is 0.141. The van der Waals surface area contributed by atoms with Crippen molar-refractivity contribution < 1.29 is 4.79 Å². The molecule has 3 aromatic rings. The lowest BCUT2D eigenvalue weighted by Gasteiger charge is -2.30. The summed E-state index contributed by atoms with van der Waals surface area (Å²) in [6, 6.07) is 12.5. The van der Waals surface area contributed by atoms with E-state index in [0.29, 0.717) is 18.2 Å². The number of hydrogen-bond acceptors (Lipinski definition) is 6. The molecule has 27 heavy (non-hydrogen) atoms. The molecule has 0 saturated carbocycles. The van der Waals surface area contributed by atoms with Gasteiger partial charge in [-0.3, -0.25) is 4.79 Å². The lowest BCUT2D eigenvalue weighted by Crippen LogP contribution is -2.40. The SMILES string of the molecule is CC(Sc1nnnn1CCc1cccs1)C(=O)N1CCc2ccccc2C1. The summed E-state index contributed by atoms with van der Waals surface area (Å²) in [7, 11) is 0. The van der Waals surface area contributed by atoms with Crippen LogP contribution in [0.1, 0.15) is 22.9 Å². The third-order valence-corrected chi connectivity index (χ3v) is 6.72. The van der Waals surface area contributed by atoms with Crippen molar-refractivity contribution in [2.24, 2.45) is 0 Å². The molecule has 1 aliphatic heterocycles. The van der Waals surface area contributed by atoms with Crippen molar-refractivity contribution in [2.45, 2.75) is 43.3 Å². The molecule has 0 spiro atoms. The van der Waals surface area contributed by atoms with E-state index >= 15 is 0 Å². The maximum absolute atomic E-state index is 12.9. The predicted molar refractivity (Wildman–Crippen MR) is 107 cm³/mol. The number of rotatable bonds is 6. The summed E-state index contributed by atoms with van der Waals surface area (Å²) in [5, 5.41) is 14.5. The van der Waals surface area contributed by atoms with E-state index in [4.69, 9.17) is 0 Å². The van der Waals surface area contributed by atoms with Gasteiger partial charge < -0.3 is 4.90 Å². The van der Waals surface area contributed by atoms with E-state index in [2.05, 4.69) is 45.2 Å². The number of aryl methyl sites for hydroxylation is 2. The number of aromatic nitrogens is 4. The first kappa shape index (κ1) is 18.2. The van der Waals surface area contributed by atoms with E-state index in [9.17, 15) is 4.79 Å². The number of nitrogens with zero attached hydrogens (tertiary/aromatic N) is 5. The molecule has 1 unspecified atom stereocenters. The lowest BCUT2D eigenvalue weighted by atomic mass is 10.00. The number of thiophene rings is 1. The molecular formula is C19H21N5OS2. The van der Waals surface area contributed by atoms with Gasteiger partial charge in [-0.25, -0.2) is 4.68 Å². The van der Waals surface area contributed by atoms with Gasteiger partial charge in [0.25, 0.3) is 0 Å². The molecule has 0 saturated heterocycles. The largest absolute Gasteiger partial charge is 0.337 e. The van der Waals surface area contributed by atoms with Crippen molar-refractivity contribution in [3.05, 3.63) is 57.8 Å². The van der Waals surface area contributed by atoms with Crippen molar-refractivity contribution in [3.8, 4) is 0 Å². The first-order valence-corrected chi connectivity index (χ1v) is 10.8. The Bertz CT molecular complexity index is 908. The Morgan fingerprint density at radius 3 is 2.93 bits per heavy atom. The molecule has 1 aromatic carbocycles. The molecule has 8 heteroatoms. The fourth-order valence-electron chi connectivity index (χ4n) is 3.24. The second-order valence-corrected chi connectivity index (χ2v) is 8.89. The average Bonchev–Trinajstić information content (AvgIpc) is 3.37. The zero-order valence-electron chi connectivity index (χ0n) is 15.1. The number of thioether (sulfide) groups is 1. The van der Waals surface area contributed by atoms with Crippen LogP contribution in [-0.4, -0.2) is 42.8 Å². The van der Waals surface area contributed by atoms with Gasteiger partial charge in [-0.15, -0.1) is 16.4 Å². The summed E-state index contributed by atoms with van der Waals surface area (Å²) < 4.78 is 1.79. The monoisotopic (exact) mass is 399 g/mol. The molecule has 1 aliphatic rings. The molecule has 0 N–H and O–H groups in total. The zero-order chi connectivity index (χ0) is 18.6. The third kappa shape index (κ3) is 4.22. The molecule has 4 rings (SSSR count). The van der Waals surface area contributed by atoms with E-state index in [-0.39, 0.29) is 11.2 Å². The molecule has 1 atom stereocenters. The highest BCUT2D eigenvalue weighted by molar-refractivity contribution is 8.00. The highest BCUT2D eigenvalue weighted by Crippen LogP contribution is 2.25. The van der Waals surface area contributed by atoms with E-state index in [1.807, 2.05) is 24.0 Å². The fraction of sp³-hybridized carbons (Fsp3) is 0.368. The molecule has 0 fully saturated rings. The Morgan fingerprint density at radius 1 is 1.26 bits per heavy atom. The van der Waals surface area contributed by atoms with Gasteiger partial charge in [-0.05, 0) is 46.3 Å². The van der Waals surface area contributed by atoms with Crippen molar-refractivity contribution >= 4 is 29.0 Å². The van der Waals surface area contributed by atoms with Crippen molar-refractivity contribution in [3.63, 3.8) is 0 Å². The van der Waals surface area contributed by atoms with Crippen molar-refractivity contribution in [1.82, 2.24) is 25.1 Å². The second-order valence-electron chi connectivity index (χ2n) is 6.55. The van der Waals surface area contributed by atoms with E-state index in [1.165, 1.54) is 27.8 Å². The summed E-state index contributed by atoms with van der Waals surface area (Å²) in [6.45, 7) is 4.10. The minimum Gasteiger partial charge on any atom is -0.337 e. The molecule has 140 valence electrons. The van der Waals surface area contributed by atoms with Gasteiger partial charge in [0.2, 0.25) is 11.1 Å². The number of amides is 1. The predicted octanol–water partition coefficient (Wildman–Crippen LogP) is 3.04. The van der Waals surface area contributed by atoms with Crippen LogP contribution in [-0.2, 0) is 30.7 Å². The van der Waals surface area contributed by atoms with Crippen LogP contribution < -0.4 is 0 Å². The number of benzene rings is 1. The number of hydrogen-bond donors (Lipinski definition) is 0. The maximum Gasteiger partial charge on any atom is 0.236 e. The molecule has 0 radical (unpaired) electrons. The highest BCUT2D eigenvalue weighted by atomic mass is 32.2. The van der Waals surface area contributed by atoms with Crippen LogP contribution in [0.15, 0.2) is 46.9 Å². The van der Waals surface area contributed by atoms with Gasteiger partial charge >= 0.3 is 0 Å². The standard InChI is InChI=1S/C19H21N5OS2/c1-14(18(25)23-10-8-15-5-2-3-6-16(15)13-23)27-19-20-21-22-24(19)11-9-17-7-4-12-26-17/h2-7,12,14H,8-11,13H2,1H3. The summed E-state index contributed by atoms with van der Waals surface area (Å²) >= 11 is 3.17. The maximum atomic E-state index is 12.9. The van der Waals surface area contributed by atoms with Gasteiger partial charge in [-0.1, -0.05) is 42.1 Å². The molecular weight excluding hydrogens is 378 g/mol. The topological polar surface area (TPSA) is 63.9 Å². The van der Waals surface area contributed by atoms with Crippen molar-refractivity contribution in [2.75, 3.05) is 6.54 Å². The Hall–Kier alpha value is -2.19. The van der Waals surface area contributed by atoms with Crippen LogP contribution in [0.2, 0.25) is 0 Å². The summed E-state index contributed by atoms with van der Waals surface area (Å²) in [5.41, 5.74) is 2.59. The van der Waals surface area contributed by atoms with Crippen LogP contribution in [0, 0.1) is 0 Å². The van der Waals surface area contributed by atoms with E-state index < -0.39 is 0 Å². The Kier molecular flexibility index (Phi) is 5.54. The van der Waals surface area contributed by atoms with Crippen molar-refractivity contribution in [1.29, 1.82) is 0 Å². The molecule has 2 aromatic heterocycles. The Morgan fingerprint density at radius 2 is 2.11 bits per heavy atom. The Balaban J connectivity index is 1.37. The third-order valence-electron chi connectivity index (χ3n) is 4.72. The first-order valence-electron chi connectivity index (χ1n) is 9.01. The minimum atomic E-state index is -0.221. The van der Waals surface area contributed by atoms with E-state index in [0.717, 1.165) is 19.4 Å². The lowest BCUT2D eigenvalue weighted by molar-refractivity contribution is -0.131. The number of carbonyl (C=O) groups is 1.